The van der Waals surface area contributed by atoms with Crippen molar-refractivity contribution in [3.63, 3.8) is 0 Å². The van der Waals surface area contributed by atoms with Gasteiger partial charge in [0.25, 0.3) is 0 Å². The molecule has 0 spiro atoms. The van der Waals surface area contributed by atoms with Crippen LogP contribution in [0.15, 0.2) is 218 Å². The van der Waals surface area contributed by atoms with Crippen molar-refractivity contribution >= 4 is 34.1 Å². The van der Waals surface area contributed by atoms with E-state index in [1.807, 2.05) is 0 Å². The zero-order valence-electron chi connectivity index (χ0n) is 30.2. The Morgan fingerprint density at radius 1 is 0.264 bits per heavy atom. The fraction of sp³-hybridized carbons (Fsp3) is 0.0588. The molecule has 0 amide bonds. The molecule has 0 aliphatic heterocycles. The Kier molecular flexibility index (Phi) is 9.43. The Bertz CT molecular complexity index is 2230. The van der Waals surface area contributed by atoms with Gasteiger partial charge in [0, 0.05) is 39.5 Å². The van der Waals surface area contributed by atoms with Gasteiger partial charge in [-0.05, 0) is 100 Å². The first kappa shape index (κ1) is 33.5. The summed E-state index contributed by atoms with van der Waals surface area (Å²) in [5.41, 5.74) is 13.5. The molecule has 0 aromatic heterocycles. The molecule has 0 heterocycles. The lowest BCUT2D eigenvalue weighted by Gasteiger charge is -2.33. The minimum Gasteiger partial charge on any atom is -0.310 e. The maximum absolute atomic E-state index is 2.38. The lowest BCUT2D eigenvalue weighted by Crippen LogP contribution is -2.21. The number of nitrogens with zero attached hydrogens (tertiary/aromatic N) is 2. The molecule has 0 N–H and O–H groups in total. The fourth-order valence-corrected chi connectivity index (χ4v) is 7.15. The molecule has 0 aliphatic carbocycles. The summed E-state index contributed by atoms with van der Waals surface area (Å²) in [6.45, 7) is 4.66. The number of benzene rings is 8. The van der Waals surface area contributed by atoms with E-state index in [1.54, 1.807) is 0 Å². The van der Waals surface area contributed by atoms with E-state index in [2.05, 4.69) is 242 Å². The van der Waals surface area contributed by atoms with Gasteiger partial charge in [0.1, 0.15) is 0 Å². The summed E-state index contributed by atoms with van der Waals surface area (Å²) in [4.78, 5) is 4.76. The van der Waals surface area contributed by atoms with Crippen LogP contribution < -0.4 is 9.80 Å². The second kappa shape index (κ2) is 14.9. The summed E-state index contributed by atoms with van der Waals surface area (Å²) in [5, 5.41) is 0. The maximum atomic E-state index is 2.38. The molecule has 2 nitrogen and oxygen atoms in total. The Morgan fingerprint density at radius 3 is 0.943 bits per heavy atom. The minimum absolute atomic E-state index is 0.287. The van der Waals surface area contributed by atoms with Crippen LogP contribution in [-0.2, 0) is 5.41 Å². The number of anilines is 6. The third kappa shape index (κ3) is 7.13. The van der Waals surface area contributed by atoms with E-state index in [4.69, 9.17) is 0 Å². The first-order valence-corrected chi connectivity index (χ1v) is 18.3. The van der Waals surface area contributed by atoms with Crippen LogP contribution in [-0.4, -0.2) is 0 Å². The van der Waals surface area contributed by atoms with Gasteiger partial charge in [-0.15, -0.1) is 0 Å². The first-order valence-electron chi connectivity index (χ1n) is 18.3. The highest BCUT2D eigenvalue weighted by molar-refractivity contribution is 5.85. The molecule has 0 bridgehead atoms. The summed E-state index contributed by atoms with van der Waals surface area (Å²) >= 11 is 0. The van der Waals surface area contributed by atoms with Crippen molar-refractivity contribution in [3.05, 3.63) is 230 Å². The molecule has 0 saturated heterocycles. The average molecular weight is 683 g/mol. The summed E-state index contributed by atoms with van der Waals surface area (Å²) in [7, 11) is 0. The van der Waals surface area contributed by atoms with Gasteiger partial charge < -0.3 is 9.80 Å². The second-order valence-electron chi connectivity index (χ2n) is 13.9. The molecule has 0 atom stereocenters. The summed E-state index contributed by atoms with van der Waals surface area (Å²) in [5.74, 6) is 0. The SMILES string of the molecule is CC(C)(c1ccccc1)c1cc(N(c2ccccc2)c2ccc(-c3ccccc3)cc2)cc(N(c2ccccc2)c2ccc(-c3ccccc3)cc2)c1. The van der Waals surface area contributed by atoms with Gasteiger partial charge in [-0.3, -0.25) is 0 Å². The first-order chi connectivity index (χ1) is 26.0. The van der Waals surface area contributed by atoms with Crippen LogP contribution in [0, 0.1) is 0 Å². The normalized spacial score (nSPS) is 11.2. The molecule has 53 heavy (non-hydrogen) atoms. The number of hydrogen-bond acceptors (Lipinski definition) is 2. The van der Waals surface area contributed by atoms with Crippen molar-refractivity contribution < 1.29 is 0 Å². The van der Waals surface area contributed by atoms with Crippen LogP contribution >= 0.6 is 0 Å². The Balaban J connectivity index is 1.33. The number of rotatable bonds is 10. The Hall–Kier alpha value is -6.64. The van der Waals surface area contributed by atoms with E-state index >= 15 is 0 Å². The molecule has 0 radical (unpaired) electrons. The largest absolute Gasteiger partial charge is 0.310 e. The minimum atomic E-state index is -0.287. The third-order valence-corrected chi connectivity index (χ3v) is 10.1. The van der Waals surface area contributed by atoms with Gasteiger partial charge in [-0.25, -0.2) is 0 Å². The zero-order valence-corrected chi connectivity index (χ0v) is 30.2. The van der Waals surface area contributed by atoms with E-state index in [0.29, 0.717) is 0 Å². The molecule has 2 heteroatoms. The standard InChI is InChI=1S/C51H42N2/c1-51(2,43-22-12-5-13-23-43)44-36-49(52(45-24-14-6-15-25-45)47-32-28-41(29-33-47)39-18-8-3-9-19-39)38-50(37-44)53(46-26-16-7-17-27-46)48-34-30-42(31-35-48)40-20-10-4-11-21-40/h3-38H,1-2H3. The highest BCUT2D eigenvalue weighted by Gasteiger charge is 2.27. The lowest BCUT2D eigenvalue weighted by molar-refractivity contribution is 0.641. The summed E-state index contributed by atoms with van der Waals surface area (Å²) < 4.78 is 0. The summed E-state index contributed by atoms with van der Waals surface area (Å²) in [6.07, 6.45) is 0. The average Bonchev–Trinajstić information content (AvgIpc) is 3.23. The fourth-order valence-electron chi connectivity index (χ4n) is 7.15. The van der Waals surface area contributed by atoms with Gasteiger partial charge in [0.2, 0.25) is 0 Å². The highest BCUT2D eigenvalue weighted by Crippen LogP contribution is 2.45. The van der Waals surface area contributed by atoms with Gasteiger partial charge >= 0.3 is 0 Å². The monoisotopic (exact) mass is 682 g/mol. The van der Waals surface area contributed by atoms with Crippen LogP contribution in [0.2, 0.25) is 0 Å². The van der Waals surface area contributed by atoms with Gasteiger partial charge in [0.05, 0.1) is 0 Å². The molecule has 8 rings (SSSR count). The van der Waals surface area contributed by atoms with Crippen LogP contribution in [0.5, 0.6) is 0 Å². The van der Waals surface area contributed by atoms with E-state index in [0.717, 1.165) is 34.1 Å². The molecule has 0 unspecified atom stereocenters. The van der Waals surface area contributed by atoms with E-state index in [-0.39, 0.29) is 5.41 Å². The van der Waals surface area contributed by atoms with Crippen LogP contribution in [0.25, 0.3) is 22.3 Å². The van der Waals surface area contributed by atoms with Crippen molar-refractivity contribution in [2.24, 2.45) is 0 Å². The molecule has 0 fully saturated rings. The van der Waals surface area contributed by atoms with Crippen molar-refractivity contribution in [3.8, 4) is 22.3 Å². The quantitative estimate of drug-likeness (QED) is 0.142. The van der Waals surface area contributed by atoms with Crippen molar-refractivity contribution in [2.45, 2.75) is 19.3 Å². The van der Waals surface area contributed by atoms with Crippen molar-refractivity contribution in [1.82, 2.24) is 0 Å². The zero-order chi connectivity index (χ0) is 36.0. The number of para-hydroxylation sites is 2. The van der Waals surface area contributed by atoms with Crippen LogP contribution in [0.3, 0.4) is 0 Å². The summed E-state index contributed by atoms with van der Waals surface area (Å²) in [6, 6.07) is 78.3. The van der Waals surface area contributed by atoms with E-state index < -0.39 is 0 Å². The molecule has 0 saturated carbocycles. The molecule has 8 aromatic carbocycles. The van der Waals surface area contributed by atoms with Crippen LogP contribution in [0.1, 0.15) is 25.0 Å². The molecular formula is C51H42N2. The van der Waals surface area contributed by atoms with Gasteiger partial charge in [0.15, 0.2) is 0 Å². The predicted molar refractivity (Wildman–Crippen MR) is 225 cm³/mol. The topological polar surface area (TPSA) is 6.48 Å². The Labute approximate surface area is 313 Å². The lowest BCUT2D eigenvalue weighted by atomic mass is 9.77. The third-order valence-electron chi connectivity index (χ3n) is 10.1. The van der Waals surface area contributed by atoms with Crippen LogP contribution in [0.4, 0.5) is 34.1 Å². The van der Waals surface area contributed by atoms with E-state index in [9.17, 15) is 0 Å². The molecule has 0 aliphatic rings. The molecular weight excluding hydrogens is 641 g/mol. The van der Waals surface area contributed by atoms with Crippen molar-refractivity contribution in [2.75, 3.05) is 9.80 Å². The van der Waals surface area contributed by atoms with E-state index in [1.165, 1.54) is 33.4 Å². The second-order valence-corrected chi connectivity index (χ2v) is 13.9. The smallest absolute Gasteiger partial charge is 0.0485 e. The molecule has 8 aromatic rings. The molecule has 256 valence electrons. The van der Waals surface area contributed by atoms with Gasteiger partial charge in [-0.1, -0.05) is 166 Å². The predicted octanol–water partition coefficient (Wildman–Crippen LogP) is 14.3. The van der Waals surface area contributed by atoms with Crippen molar-refractivity contribution in [1.29, 1.82) is 0 Å². The maximum Gasteiger partial charge on any atom is 0.0485 e. The van der Waals surface area contributed by atoms with Gasteiger partial charge in [-0.2, -0.15) is 0 Å². The highest BCUT2D eigenvalue weighted by atomic mass is 15.2. The Morgan fingerprint density at radius 2 is 0.566 bits per heavy atom. The number of hydrogen-bond donors (Lipinski definition) is 0.